The molecule has 0 saturated carbocycles. The van der Waals surface area contributed by atoms with Crippen LogP contribution in [0, 0.1) is 20.8 Å². The van der Waals surface area contributed by atoms with Crippen molar-refractivity contribution in [3.8, 4) is 0 Å². The monoisotopic (exact) mass is 402 g/mol. The van der Waals surface area contributed by atoms with Crippen molar-refractivity contribution in [2.45, 2.75) is 40.5 Å². The summed E-state index contributed by atoms with van der Waals surface area (Å²) in [7, 11) is 0. The van der Waals surface area contributed by atoms with Crippen LogP contribution in [-0.4, -0.2) is 59.1 Å². The average molecular weight is 402 g/mol. The van der Waals surface area contributed by atoms with Gasteiger partial charge in [-0.15, -0.1) is 0 Å². The van der Waals surface area contributed by atoms with Crippen LogP contribution in [0.3, 0.4) is 0 Å². The lowest BCUT2D eigenvalue weighted by atomic mass is 10.1. The molecule has 0 radical (unpaired) electrons. The number of rotatable bonds is 8. The summed E-state index contributed by atoms with van der Waals surface area (Å²) in [5.41, 5.74) is 3.56. The molecule has 0 spiro atoms. The summed E-state index contributed by atoms with van der Waals surface area (Å²) in [6, 6.07) is 3.07. The van der Waals surface area contributed by atoms with E-state index in [0.717, 1.165) is 28.0 Å². The highest BCUT2D eigenvalue weighted by atomic mass is 16.2. The summed E-state index contributed by atoms with van der Waals surface area (Å²) >= 11 is 0. The number of imide groups is 2. The number of urea groups is 1. The number of anilines is 1. The normalized spacial score (nSPS) is 13.9. The first-order valence-corrected chi connectivity index (χ1v) is 9.47. The number of nitrogens with zero attached hydrogens (tertiary/aromatic N) is 2. The van der Waals surface area contributed by atoms with Gasteiger partial charge in [-0.25, -0.2) is 9.69 Å². The summed E-state index contributed by atoms with van der Waals surface area (Å²) in [6.07, 6.45) is 1.32. The van der Waals surface area contributed by atoms with Crippen molar-refractivity contribution in [1.82, 2.24) is 15.1 Å². The van der Waals surface area contributed by atoms with Gasteiger partial charge in [0.2, 0.25) is 11.8 Å². The van der Waals surface area contributed by atoms with Crippen LogP contribution < -0.4 is 10.6 Å². The molecule has 156 valence electrons. The highest BCUT2D eigenvalue weighted by Crippen LogP contribution is 2.21. The number of unbranched alkanes of at least 4 members (excludes halogenated alkanes) is 1. The maximum Gasteiger partial charge on any atom is 0.334 e. The van der Waals surface area contributed by atoms with E-state index in [1.807, 2.05) is 39.8 Å². The molecule has 2 rings (SSSR count). The molecular weight excluding hydrogens is 376 g/mol. The molecule has 0 aromatic heterocycles. The highest BCUT2D eigenvalue weighted by molar-refractivity contribution is 6.45. The Morgan fingerprint density at radius 2 is 1.52 bits per heavy atom. The predicted octanol–water partition coefficient (Wildman–Crippen LogP) is 1.26. The van der Waals surface area contributed by atoms with Gasteiger partial charge in [0.15, 0.2) is 0 Å². The Morgan fingerprint density at radius 1 is 0.931 bits per heavy atom. The largest absolute Gasteiger partial charge is 0.345 e. The summed E-state index contributed by atoms with van der Waals surface area (Å²) in [6.45, 7) is 6.80. The number of amides is 6. The van der Waals surface area contributed by atoms with E-state index in [4.69, 9.17) is 0 Å². The predicted molar refractivity (Wildman–Crippen MR) is 106 cm³/mol. The first-order valence-electron chi connectivity index (χ1n) is 9.47. The quantitative estimate of drug-likeness (QED) is 0.502. The minimum atomic E-state index is -1.03. The molecule has 9 heteroatoms. The molecule has 1 aliphatic heterocycles. The van der Waals surface area contributed by atoms with E-state index in [1.165, 1.54) is 0 Å². The Labute approximate surface area is 169 Å². The molecule has 1 aromatic rings. The second kappa shape index (κ2) is 9.31. The van der Waals surface area contributed by atoms with Crippen LogP contribution in [-0.2, 0) is 19.2 Å². The fourth-order valence-electron chi connectivity index (χ4n) is 3.14. The number of nitrogens with one attached hydrogen (secondary N) is 2. The summed E-state index contributed by atoms with van der Waals surface area (Å²) < 4.78 is 0. The van der Waals surface area contributed by atoms with Gasteiger partial charge >= 0.3 is 17.8 Å². The van der Waals surface area contributed by atoms with Crippen LogP contribution in [0.5, 0.6) is 0 Å². The Bertz CT molecular complexity index is 841. The van der Waals surface area contributed by atoms with Gasteiger partial charge in [0.05, 0.1) is 6.54 Å². The zero-order valence-corrected chi connectivity index (χ0v) is 17.1. The molecule has 0 aliphatic carbocycles. The van der Waals surface area contributed by atoms with Crippen molar-refractivity contribution in [1.29, 1.82) is 0 Å². The van der Waals surface area contributed by atoms with Crippen LogP contribution in [0.2, 0.25) is 0 Å². The molecule has 9 nitrogen and oxygen atoms in total. The van der Waals surface area contributed by atoms with Crippen LogP contribution >= 0.6 is 0 Å². The minimum Gasteiger partial charge on any atom is -0.345 e. The highest BCUT2D eigenvalue weighted by Gasteiger charge is 2.44. The Morgan fingerprint density at radius 3 is 2.10 bits per heavy atom. The average Bonchev–Trinajstić information content (AvgIpc) is 2.84. The molecule has 0 unspecified atom stereocenters. The minimum absolute atomic E-state index is 0.135. The third-order valence-corrected chi connectivity index (χ3v) is 4.56. The molecule has 29 heavy (non-hydrogen) atoms. The van der Waals surface area contributed by atoms with Crippen molar-refractivity contribution in [2.24, 2.45) is 0 Å². The summed E-state index contributed by atoms with van der Waals surface area (Å²) in [5.74, 6) is -3.10. The van der Waals surface area contributed by atoms with Gasteiger partial charge in [-0.3, -0.25) is 24.1 Å². The van der Waals surface area contributed by atoms with Crippen LogP contribution in [0.4, 0.5) is 10.5 Å². The summed E-state index contributed by atoms with van der Waals surface area (Å²) in [4.78, 5) is 61.7. The second-order valence-corrected chi connectivity index (χ2v) is 7.08. The van der Waals surface area contributed by atoms with Crippen LogP contribution in [0.15, 0.2) is 12.1 Å². The van der Waals surface area contributed by atoms with Gasteiger partial charge < -0.3 is 10.6 Å². The fourth-order valence-corrected chi connectivity index (χ4v) is 3.14. The van der Waals surface area contributed by atoms with E-state index in [2.05, 4.69) is 10.6 Å². The third kappa shape index (κ3) is 5.18. The molecule has 1 aliphatic rings. The molecule has 1 fully saturated rings. The lowest BCUT2D eigenvalue weighted by molar-refractivity contribution is -0.144. The molecule has 1 heterocycles. The maximum atomic E-state index is 12.2. The van der Waals surface area contributed by atoms with Crippen molar-refractivity contribution in [3.63, 3.8) is 0 Å². The molecule has 1 aromatic carbocycles. The molecule has 2 N–H and O–H groups in total. The smallest absolute Gasteiger partial charge is 0.334 e. The van der Waals surface area contributed by atoms with E-state index in [0.29, 0.717) is 17.0 Å². The topological polar surface area (TPSA) is 116 Å². The zero-order chi connectivity index (χ0) is 21.7. The van der Waals surface area contributed by atoms with E-state index in [-0.39, 0.29) is 13.1 Å². The van der Waals surface area contributed by atoms with Crippen LogP contribution in [0.1, 0.15) is 36.5 Å². The molecule has 1 saturated heterocycles. The van der Waals surface area contributed by atoms with Gasteiger partial charge in [-0.2, -0.15) is 0 Å². The van der Waals surface area contributed by atoms with Crippen molar-refractivity contribution in [3.05, 3.63) is 28.8 Å². The molecule has 6 amide bonds. The van der Waals surface area contributed by atoms with Gasteiger partial charge in [0.1, 0.15) is 6.54 Å². The van der Waals surface area contributed by atoms with Crippen molar-refractivity contribution in [2.75, 3.05) is 25.0 Å². The van der Waals surface area contributed by atoms with Crippen molar-refractivity contribution < 1.29 is 24.0 Å². The number of benzene rings is 1. The Balaban J connectivity index is 1.90. The third-order valence-electron chi connectivity index (χ3n) is 4.56. The molecule has 0 bridgehead atoms. The number of hydrogen-bond donors (Lipinski definition) is 2. The van der Waals surface area contributed by atoms with Crippen molar-refractivity contribution >= 4 is 35.3 Å². The first kappa shape index (κ1) is 22.1. The van der Waals surface area contributed by atoms with E-state index < -0.39 is 36.2 Å². The van der Waals surface area contributed by atoms with Crippen LogP contribution in [0.25, 0.3) is 0 Å². The fraction of sp³-hybridized carbons (Fsp3) is 0.450. The van der Waals surface area contributed by atoms with Gasteiger partial charge in [-0.05, 0) is 38.3 Å². The number of hydrogen-bond acceptors (Lipinski definition) is 5. The summed E-state index contributed by atoms with van der Waals surface area (Å²) in [5, 5.41) is 5.11. The van der Waals surface area contributed by atoms with Gasteiger partial charge in [0, 0.05) is 12.2 Å². The SMILES string of the molecule is CCCCN1C(=O)C(=O)N(CC(=O)NCC(=O)Nc2c(C)cc(C)cc2C)C1=O. The van der Waals surface area contributed by atoms with E-state index in [1.54, 1.807) is 0 Å². The lowest BCUT2D eigenvalue weighted by Crippen LogP contribution is -2.43. The number of aryl methyl sites for hydroxylation is 3. The standard InChI is InChI=1S/C20H26N4O5/c1-5-6-7-23-18(27)19(28)24(20(23)29)11-16(26)21-10-15(25)22-17-13(3)8-12(2)9-14(17)4/h8-9H,5-7,10-11H2,1-4H3,(H,21,26)(H,22,25). The zero-order valence-electron chi connectivity index (χ0n) is 17.1. The van der Waals surface area contributed by atoms with E-state index in [9.17, 15) is 24.0 Å². The lowest BCUT2D eigenvalue weighted by Gasteiger charge is -2.15. The Hall–Kier alpha value is -3.23. The number of carbonyl (C=O) groups excluding carboxylic acids is 5. The maximum absolute atomic E-state index is 12.2. The van der Waals surface area contributed by atoms with Gasteiger partial charge in [0.25, 0.3) is 0 Å². The Kier molecular flexibility index (Phi) is 7.08. The van der Waals surface area contributed by atoms with Gasteiger partial charge in [-0.1, -0.05) is 31.0 Å². The second-order valence-electron chi connectivity index (χ2n) is 7.08. The number of carbonyl (C=O) groups is 5. The molecule has 0 atom stereocenters. The molecular formula is C20H26N4O5. The van der Waals surface area contributed by atoms with E-state index >= 15 is 0 Å². The first-order chi connectivity index (χ1) is 13.6.